The van der Waals surface area contributed by atoms with Crippen LogP contribution in [0.4, 0.5) is 5.82 Å². The molecule has 4 heterocycles. The van der Waals surface area contributed by atoms with Gasteiger partial charge in [0.2, 0.25) is 0 Å². The van der Waals surface area contributed by atoms with E-state index in [4.69, 9.17) is 9.57 Å². The summed E-state index contributed by atoms with van der Waals surface area (Å²) in [5, 5.41) is 5.28. The van der Waals surface area contributed by atoms with Crippen LogP contribution in [-0.4, -0.2) is 47.3 Å². The van der Waals surface area contributed by atoms with Crippen LogP contribution in [0.5, 0.6) is 5.75 Å². The molecule has 1 saturated carbocycles. The van der Waals surface area contributed by atoms with Crippen molar-refractivity contribution in [3.63, 3.8) is 0 Å². The number of aromatic nitrogens is 2. The van der Waals surface area contributed by atoms with Crippen LogP contribution in [0.3, 0.4) is 0 Å². The van der Waals surface area contributed by atoms with Crippen LogP contribution in [0.2, 0.25) is 0 Å². The van der Waals surface area contributed by atoms with Crippen LogP contribution in [0.25, 0.3) is 11.3 Å². The van der Waals surface area contributed by atoms with Gasteiger partial charge in [-0.25, -0.2) is 9.99 Å². The van der Waals surface area contributed by atoms with Crippen LogP contribution in [0.1, 0.15) is 19.3 Å². The summed E-state index contributed by atoms with van der Waals surface area (Å²) in [5.41, 5.74) is 4.80. The van der Waals surface area contributed by atoms with Gasteiger partial charge in [-0.15, -0.1) is 5.59 Å². The van der Waals surface area contributed by atoms with E-state index in [-0.39, 0.29) is 0 Å². The number of hydrazine groups is 1. The van der Waals surface area contributed by atoms with Gasteiger partial charge in [-0.2, -0.15) is 0 Å². The summed E-state index contributed by atoms with van der Waals surface area (Å²) in [6, 6.07) is 9.26. The van der Waals surface area contributed by atoms with Gasteiger partial charge in [-0.3, -0.25) is 9.82 Å². The van der Waals surface area contributed by atoms with E-state index in [1.54, 1.807) is 19.5 Å². The number of hydrogen-bond donors (Lipinski definition) is 2. The Morgan fingerprint density at radius 1 is 1.20 bits per heavy atom. The highest BCUT2D eigenvalue weighted by molar-refractivity contribution is 5.71. The number of piperidine rings is 1. The van der Waals surface area contributed by atoms with Crippen LogP contribution >= 0.6 is 0 Å². The summed E-state index contributed by atoms with van der Waals surface area (Å²) >= 11 is 0. The Hall–Kier alpha value is -2.22. The molecule has 0 amide bonds. The molecule has 1 aliphatic carbocycles. The molecule has 0 radical (unpaired) electrons. The quantitative estimate of drug-likeness (QED) is 0.887. The van der Waals surface area contributed by atoms with Crippen molar-refractivity contribution in [3.8, 4) is 17.0 Å². The lowest BCUT2D eigenvalue weighted by Gasteiger charge is -2.47. The molecule has 4 atom stereocenters. The predicted molar refractivity (Wildman–Crippen MR) is 94.8 cm³/mol. The molecule has 7 heteroatoms. The smallest absolute Gasteiger partial charge is 0.152 e. The molecule has 0 spiro atoms. The van der Waals surface area contributed by atoms with Crippen molar-refractivity contribution < 1.29 is 9.57 Å². The van der Waals surface area contributed by atoms with Crippen molar-refractivity contribution in [1.82, 2.24) is 20.6 Å². The highest BCUT2D eigenvalue weighted by atomic mass is 16.7. The Bertz CT molecular complexity index is 705. The summed E-state index contributed by atoms with van der Waals surface area (Å²) in [5.74, 6) is 1.60. The van der Waals surface area contributed by atoms with Gasteiger partial charge >= 0.3 is 0 Å². The first kappa shape index (κ1) is 16.3. The molecule has 2 aromatic rings. The maximum Gasteiger partial charge on any atom is 0.152 e. The molecule has 4 unspecified atom stereocenters. The fraction of sp³-hybridized carbons (Fsp3) is 0.444. The van der Waals surface area contributed by atoms with E-state index in [1.807, 2.05) is 31.3 Å². The van der Waals surface area contributed by atoms with Crippen LogP contribution in [-0.2, 0) is 4.84 Å². The maximum atomic E-state index is 5.31. The summed E-state index contributed by atoms with van der Waals surface area (Å²) in [4.78, 5) is 13.8. The number of fused-ring (bicyclic) bond motifs is 1. The average molecular weight is 341 g/mol. The number of ether oxygens (including phenoxy) is 1. The number of rotatable bonds is 3. The zero-order valence-corrected chi connectivity index (χ0v) is 14.5. The second kappa shape index (κ2) is 6.95. The van der Waals surface area contributed by atoms with E-state index in [0.717, 1.165) is 34.9 Å². The topological polar surface area (TPSA) is 71.5 Å². The highest BCUT2D eigenvalue weighted by Gasteiger charge is 2.52. The molecule has 2 N–H and O–H groups in total. The Labute approximate surface area is 147 Å². The number of benzene rings is 1. The van der Waals surface area contributed by atoms with Crippen LogP contribution < -0.4 is 15.6 Å². The third kappa shape index (κ3) is 3.06. The first-order valence-electron chi connectivity index (χ1n) is 8.63. The maximum absolute atomic E-state index is 5.31. The lowest BCUT2D eigenvalue weighted by atomic mass is 9.80. The van der Waals surface area contributed by atoms with Crippen molar-refractivity contribution in [2.45, 2.75) is 37.5 Å². The Balaban J connectivity index is 0.000000144. The molecule has 4 bridgehead atoms. The van der Waals surface area contributed by atoms with Gasteiger partial charge < -0.3 is 10.1 Å². The van der Waals surface area contributed by atoms with E-state index < -0.39 is 0 Å². The summed E-state index contributed by atoms with van der Waals surface area (Å²) in [6.45, 7) is 0. The molecule has 1 aromatic heterocycles. The minimum absolute atomic E-state index is 0.509. The first-order valence-corrected chi connectivity index (χ1v) is 8.63. The minimum Gasteiger partial charge on any atom is -0.497 e. The fourth-order valence-electron chi connectivity index (χ4n) is 3.66. The normalized spacial score (nSPS) is 28.4. The van der Waals surface area contributed by atoms with Gasteiger partial charge in [0.1, 0.15) is 11.4 Å². The zero-order valence-electron chi connectivity index (χ0n) is 14.5. The van der Waals surface area contributed by atoms with Crippen molar-refractivity contribution in [3.05, 3.63) is 36.7 Å². The standard InChI is InChI=1S/C12H13N3O.C6H10N2O/c1-13-12-11(14-7-8-15-12)9-3-5-10(16-2)6-4-9;1-2-6-5-3-4(1)8(5)7-9-6/h3-8H,1-2H3,(H,13,15);4-7H,1-3H2. The van der Waals surface area contributed by atoms with Gasteiger partial charge in [-0.05, 0) is 43.5 Å². The lowest BCUT2D eigenvalue weighted by molar-refractivity contribution is -0.0500. The van der Waals surface area contributed by atoms with Gasteiger partial charge in [-0.1, -0.05) is 0 Å². The highest BCUT2D eigenvalue weighted by Crippen LogP contribution is 2.41. The van der Waals surface area contributed by atoms with Crippen molar-refractivity contribution in [2.24, 2.45) is 0 Å². The van der Waals surface area contributed by atoms with Crippen molar-refractivity contribution in [1.29, 1.82) is 0 Å². The number of nitrogens with one attached hydrogen (secondary N) is 2. The third-order valence-corrected chi connectivity index (χ3v) is 5.09. The molecule has 3 saturated heterocycles. The zero-order chi connectivity index (χ0) is 17.2. The predicted octanol–water partition coefficient (Wildman–Crippen LogP) is 2.24. The largest absolute Gasteiger partial charge is 0.497 e. The first-order chi connectivity index (χ1) is 12.3. The number of methoxy groups -OCH3 is 1. The van der Waals surface area contributed by atoms with E-state index in [2.05, 4.69) is 25.9 Å². The van der Waals surface area contributed by atoms with Crippen molar-refractivity contribution in [2.75, 3.05) is 19.5 Å². The van der Waals surface area contributed by atoms with Gasteiger partial charge in [0.25, 0.3) is 0 Å². The fourth-order valence-corrected chi connectivity index (χ4v) is 3.66. The molecule has 25 heavy (non-hydrogen) atoms. The molecule has 1 aromatic carbocycles. The summed E-state index contributed by atoms with van der Waals surface area (Å²) in [7, 11) is 3.48. The Morgan fingerprint density at radius 3 is 2.64 bits per heavy atom. The van der Waals surface area contributed by atoms with Crippen molar-refractivity contribution >= 4 is 5.82 Å². The molecule has 6 rings (SSSR count). The molecule has 3 aliphatic heterocycles. The SMILES string of the molecule is C1CC2CC3C1ONN23.CNc1nccnc1-c1ccc(OC)cc1. The van der Waals surface area contributed by atoms with Gasteiger partial charge in [0, 0.05) is 31.0 Å². The van der Waals surface area contributed by atoms with E-state index >= 15 is 0 Å². The molecule has 7 nitrogen and oxygen atoms in total. The van der Waals surface area contributed by atoms with Crippen LogP contribution in [0.15, 0.2) is 36.7 Å². The molecule has 132 valence electrons. The second-order valence-corrected chi connectivity index (χ2v) is 6.42. The van der Waals surface area contributed by atoms with E-state index in [1.165, 1.54) is 19.3 Å². The summed E-state index contributed by atoms with van der Waals surface area (Å²) < 4.78 is 5.11. The van der Waals surface area contributed by atoms with Gasteiger partial charge in [0.05, 0.1) is 19.3 Å². The Morgan fingerprint density at radius 2 is 2.00 bits per heavy atom. The molecule has 4 fully saturated rings. The number of hydrogen-bond acceptors (Lipinski definition) is 7. The van der Waals surface area contributed by atoms with E-state index in [9.17, 15) is 0 Å². The van der Waals surface area contributed by atoms with E-state index in [0.29, 0.717) is 6.10 Å². The van der Waals surface area contributed by atoms with Gasteiger partial charge in [0.15, 0.2) is 5.82 Å². The average Bonchev–Trinajstić information content (AvgIpc) is 2.90. The lowest BCUT2D eigenvalue weighted by Crippen LogP contribution is -2.61. The second-order valence-electron chi connectivity index (χ2n) is 6.42. The summed E-state index contributed by atoms with van der Waals surface area (Å²) in [6.07, 6.45) is 7.80. The van der Waals surface area contributed by atoms with Crippen LogP contribution in [0, 0.1) is 0 Å². The molecule has 4 aliphatic rings. The molecular formula is C18H23N5O2. The molecular weight excluding hydrogens is 318 g/mol. The number of nitrogens with zero attached hydrogens (tertiary/aromatic N) is 3. The Kier molecular flexibility index (Phi) is 4.52. The number of anilines is 1. The third-order valence-electron chi connectivity index (χ3n) is 5.09. The monoisotopic (exact) mass is 341 g/mol. The minimum atomic E-state index is 0.509.